The maximum Gasteiger partial charge on any atom is 0.337 e. The maximum atomic E-state index is 12.2. The Morgan fingerprint density at radius 1 is 0.909 bits per heavy atom. The van der Waals surface area contributed by atoms with E-state index < -0.39 is 12.1 Å². The average molecular weight is 611 g/mol. The third-order valence-corrected chi connectivity index (χ3v) is 7.41. The Kier molecular flexibility index (Phi) is 19.1. The molecule has 1 rings (SSSR count). The van der Waals surface area contributed by atoms with Crippen LogP contribution in [-0.4, -0.2) is 46.6 Å². The summed E-state index contributed by atoms with van der Waals surface area (Å²) >= 11 is 0. The average Bonchev–Trinajstić information content (AvgIpc) is 2.99. The van der Waals surface area contributed by atoms with Gasteiger partial charge >= 0.3 is 5.97 Å². The summed E-state index contributed by atoms with van der Waals surface area (Å²) in [6.45, 7) is 18.2. The number of esters is 1. The van der Waals surface area contributed by atoms with Crippen LogP contribution in [0.5, 0.6) is 11.5 Å². The first-order valence-corrected chi connectivity index (χ1v) is 15.7. The molecule has 1 aromatic carbocycles. The molecule has 0 heterocycles. The van der Waals surface area contributed by atoms with Crippen molar-refractivity contribution in [3.63, 3.8) is 0 Å². The van der Waals surface area contributed by atoms with E-state index in [1.807, 2.05) is 24.3 Å². The second-order valence-electron chi connectivity index (χ2n) is 12.4. The molecule has 0 saturated heterocycles. The summed E-state index contributed by atoms with van der Waals surface area (Å²) in [5.41, 5.74) is 6.35. The summed E-state index contributed by atoms with van der Waals surface area (Å²) < 4.78 is 27.1. The lowest BCUT2D eigenvalue weighted by Gasteiger charge is -2.20. The van der Waals surface area contributed by atoms with Gasteiger partial charge in [0.05, 0.1) is 41.2 Å². The first kappa shape index (κ1) is 38.9. The normalized spacial score (nSPS) is 13.1. The van der Waals surface area contributed by atoms with Crippen LogP contribution in [0.3, 0.4) is 0 Å². The van der Waals surface area contributed by atoms with E-state index in [9.17, 15) is 4.79 Å². The van der Waals surface area contributed by atoms with Gasteiger partial charge in [-0.3, -0.25) is 0 Å². The van der Waals surface area contributed by atoms with E-state index >= 15 is 0 Å². The molecule has 6 heteroatoms. The van der Waals surface area contributed by atoms with E-state index in [0.29, 0.717) is 24.7 Å². The maximum absolute atomic E-state index is 12.2. The lowest BCUT2D eigenvalue weighted by atomic mass is 9.85. The largest absolute Gasteiger partial charge is 0.493 e. The van der Waals surface area contributed by atoms with E-state index in [1.54, 1.807) is 14.2 Å². The Morgan fingerprint density at radius 2 is 1.59 bits per heavy atom. The lowest BCUT2D eigenvalue weighted by Crippen LogP contribution is -2.30. The van der Waals surface area contributed by atoms with Crippen LogP contribution in [0.4, 0.5) is 0 Å². The van der Waals surface area contributed by atoms with Crippen molar-refractivity contribution >= 4 is 5.97 Å². The summed E-state index contributed by atoms with van der Waals surface area (Å²) in [5.74, 6) is 0.816. The van der Waals surface area contributed by atoms with E-state index in [2.05, 4.69) is 72.4 Å². The number of allylic oxidation sites excluding steroid dienone is 8. The zero-order valence-electron chi connectivity index (χ0n) is 28.9. The summed E-state index contributed by atoms with van der Waals surface area (Å²) in [4.78, 5) is 12.2. The highest BCUT2D eigenvalue weighted by Gasteiger charge is 2.20. The van der Waals surface area contributed by atoms with Crippen LogP contribution in [0.25, 0.3) is 0 Å². The fourth-order valence-corrected chi connectivity index (χ4v) is 4.39. The number of ether oxygens (including phenoxy) is 5. The van der Waals surface area contributed by atoms with Gasteiger partial charge in [0.1, 0.15) is 0 Å². The van der Waals surface area contributed by atoms with Crippen molar-refractivity contribution in [1.29, 1.82) is 0 Å². The molecule has 0 unspecified atom stereocenters. The van der Waals surface area contributed by atoms with Crippen LogP contribution in [0.1, 0.15) is 92.1 Å². The van der Waals surface area contributed by atoms with Gasteiger partial charge in [0.25, 0.3) is 0 Å². The molecule has 0 N–H and O–H groups in total. The molecule has 0 bridgehead atoms. The predicted octanol–water partition coefficient (Wildman–Crippen LogP) is 9.51. The Morgan fingerprint density at radius 3 is 2.25 bits per heavy atom. The Labute approximate surface area is 267 Å². The molecule has 1 aromatic rings. The molecule has 0 saturated carbocycles. The van der Waals surface area contributed by atoms with Gasteiger partial charge in [0.15, 0.2) is 17.6 Å². The van der Waals surface area contributed by atoms with Gasteiger partial charge in [0.2, 0.25) is 0 Å². The minimum atomic E-state index is -0.804. The van der Waals surface area contributed by atoms with Crippen LogP contribution in [0.2, 0.25) is 0 Å². The summed E-state index contributed by atoms with van der Waals surface area (Å²) in [7, 11) is 4.53. The quantitative estimate of drug-likeness (QED) is 0.0962. The second kappa shape index (κ2) is 21.6. The summed E-state index contributed by atoms with van der Waals surface area (Å²) in [6, 6.07) is 5.56. The Hall–Kier alpha value is -3.09. The minimum absolute atomic E-state index is 0.0876. The second-order valence-corrected chi connectivity index (χ2v) is 12.4. The zero-order valence-corrected chi connectivity index (χ0v) is 28.9. The van der Waals surface area contributed by atoms with Crippen molar-refractivity contribution in [2.75, 3.05) is 34.5 Å². The van der Waals surface area contributed by atoms with Gasteiger partial charge in [-0.1, -0.05) is 79.2 Å². The SMILES string of the molecule is C=C(C/C=C(\C)CCC=C(C)C)CCC(C)(C)/C=C/CC/C(C)=C/CO[C@H](COCc1ccc(OC)c(OC)c1)C(=O)OC. The minimum Gasteiger partial charge on any atom is -0.493 e. The molecule has 0 aliphatic carbocycles. The van der Waals surface area contributed by atoms with Crippen LogP contribution in [-0.2, 0) is 25.6 Å². The molecule has 0 spiro atoms. The molecule has 0 aliphatic heterocycles. The molecule has 246 valence electrons. The van der Waals surface area contributed by atoms with Crippen LogP contribution >= 0.6 is 0 Å². The highest BCUT2D eigenvalue weighted by Crippen LogP contribution is 2.29. The number of rotatable bonds is 22. The van der Waals surface area contributed by atoms with Gasteiger partial charge in [-0.05, 0) is 95.8 Å². The molecule has 0 amide bonds. The van der Waals surface area contributed by atoms with Gasteiger partial charge < -0.3 is 23.7 Å². The number of carbonyl (C=O) groups is 1. The van der Waals surface area contributed by atoms with Crippen LogP contribution in [0, 0.1) is 5.41 Å². The third-order valence-electron chi connectivity index (χ3n) is 7.41. The molecule has 0 aliphatic rings. The zero-order chi connectivity index (χ0) is 33.0. The standard InChI is InChI=1S/C38H58O6/c1-29(2)14-13-16-30(3)17-18-32(5)21-24-38(6,7)23-12-11-15-31(4)22-25-44-36(37(39)42-10)28-43-27-33-19-20-34(40-8)35(26-33)41-9/h12,14,17,19-20,22-23,26,36H,5,11,13,15-16,18,21,24-25,27-28H2,1-4,6-10H3/b23-12+,30-17+,31-22+/t36-/m1/s1. The lowest BCUT2D eigenvalue weighted by molar-refractivity contribution is -0.157. The van der Waals surface area contributed by atoms with Crippen LogP contribution in [0.15, 0.2) is 77.5 Å². The number of hydrogen-bond donors (Lipinski definition) is 0. The number of hydrogen-bond acceptors (Lipinski definition) is 6. The smallest absolute Gasteiger partial charge is 0.337 e. The Balaban J connectivity index is 2.44. The summed E-state index contributed by atoms with van der Waals surface area (Å²) in [5, 5.41) is 0. The highest BCUT2D eigenvalue weighted by molar-refractivity contribution is 5.74. The Bertz CT molecular complexity index is 1130. The van der Waals surface area contributed by atoms with Crippen molar-refractivity contribution in [2.24, 2.45) is 5.41 Å². The number of benzene rings is 1. The van der Waals surface area contributed by atoms with Crippen molar-refractivity contribution < 1.29 is 28.5 Å². The highest BCUT2D eigenvalue weighted by atomic mass is 16.6. The number of methoxy groups -OCH3 is 3. The van der Waals surface area contributed by atoms with Crippen molar-refractivity contribution in [2.45, 2.75) is 99.2 Å². The van der Waals surface area contributed by atoms with Gasteiger partial charge in [-0.15, -0.1) is 0 Å². The van der Waals surface area contributed by atoms with E-state index in [0.717, 1.165) is 50.5 Å². The monoisotopic (exact) mass is 610 g/mol. The van der Waals surface area contributed by atoms with Gasteiger partial charge in [-0.2, -0.15) is 0 Å². The van der Waals surface area contributed by atoms with Crippen molar-refractivity contribution in [3.8, 4) is 11.5 Å². The molecule has 6 nitrogen and oxygen atoms in total. The first-order valence-electron chi connectivity index (χ1n) is 15.7. The molecule has 1 atom stereocenters. The van der Waals surface area contributed by atoms with Gasteiger partial charge in [-0.25, -0.2) is 4.79 Å². The van der Waals surface area contributed by atoms with E-state index in [-0.39, 0.29) is 12.0 Å². The van der Waals surface area contributed by atoms with Gasteiger partial charge in [0, 0.05) is 0 Å². The van der Waals surface area contributed by atoms with E-state index in [1.165, 1.54) is 29.4 Å². The predicted molar refractivity (Wildman–Crippen MR) is 182 cm³/mol. The molecule has 0 aromatic heterocycles. The van der Waals surface area contributed by atoms with Crippen LogP contribution < -0.4 is 9.47 Å². The molecular formula is C38H58O6. The van der Waals surface area contributed by atoms with Crippen molar-refractivity contribution in [1.82, 2.24) is 0 Å². The molecular weight excluding hydrogens is 552 g/mol. The van der Waals surface area contributed by atoms with Crippen molar-refractivity contribution in [3.05, 3.63) is 83.0 Å². The fourth-order valence-electron chi connectivity index (χ4n) is 4.39. The summed E-state index contributed by atoms with van der Waals surface area (Å²) in [6.07, 6.45) is 17.6. The molecule has 0 fully saturated rings. The number of carbonyl (C=O) groups excluding carboxylic acids is 1. The topological polar surface area (TPSA) is 63.2 Å². The molecule has 0 radical (unpaired) electrons. The fraction of sp³-hybridized carbons (Fsp3) is 0.553. The first-order chi connectivity index (χ1) is 20.9. The third kappa shape index (κ3) is 17.3. The van der Waals surface area contributed by atoms with E-state index in [4.69, 9.17) is 23.7 Å². The molecule has 44 heavy (non-hydrogen) atoms.